The molecule has 1 spiro atoms. The molecule has 1 heterocycles. The second-order valence-electron chi connectivity index (χ2n) is 6.60. The van der Waals surface area contributed by atoms with Crippen molar-refractivity contribution in [2.75, 3.05) is 13.6 Å². The minimum absolute atomic E-state index is 0.189. The van der Waals surface area contributed by atoms with Gasteiger partial charge in [-0.05, 0) is 50.5 Å². The number of rotatable bonds is 2. The van der Waals surface area contributed by atoms with Crippen LogP contribution in [0, 0.1) is 17.3 Å². The van der Waals surface area contributed by atoms with Crippen molar-refractivity contribution in [3.63, 3.8) is 0 Å². The van der Waals surface area contributed by atoms with Gasteiger partial charge in [0.05, 0.1) is 6.04 Å². The lowest BCUT2D eigenvalue weighted by Gasteiger charge is -2.44. The van der Waals surface area contributed by atoms with Crippen LogP contribution in [0.2, 0.25) is 0 Å². The Morgan fingerprint density at radius 1 is 1.35 bits per heavy atom. The third kappa shape index (κ3) is 2.29. The highest BCUT2D eigenvalue weighted by Gasteiger charge is 2.50. The summed E-state index contributed by atoms with van der Waals surface area (Å²) in [5.41, 5.74) is 0.442. The van der Waals surface area contributed by atoms with Gasteiger partial charge in [0.2, 0.25) is 0 Å². The molecule has 2 fully saturated rings. The highest BCUT2D eigenvalue weighted by molar-refractivity contribution is 5.81. The van der Waals surface area contributed by atoms with Gasteiger partial charge in [0.1, 0.15) is 5.78 Å². The summed E-state index contributed by atoms with van der Waals surface area (Å²) in [5.74, 6) is 2.04. The maximum atomic E-state index is 11.7. The minimum atomic E-state index is 0.189. The van der Waals surface area contributed by atoms with E-state index in [9.17, 15) is 4.79 Å². The van der Waals surface area contributed by atoms with Crippen LogP contribution >= 0.6 is 0 Å². The number of carbonyl (C=O) groups excluding carboxylic acids is 1. The first kappa shape index (κ1) is 13.1. The van der Waals surface area contributed by atoms with Gasteiger partial charge in [0.15, 0.2) is 0 Å². The molecule has 0 radical (unpaired) electrons. The van der Waals surface area contributed by atoms with Gasteiger partial charge in [-0.2, -0.15) is 0 Å². The molecule has 1 saturated carbocycles. The Hall–Kier alpha value is -0.370. The quantitative estimate of drug-likeness (QED) is 0.735. The van der Waals surface area contributed by atoms with Crippen molar-refractivity contribution < 1.29 is 4.79 Å². The monoisotopic (exact) mass is 237 g/mol. The van der Waals surface area contributed by atoms with Gasteiger partial charge in [-0.1, -0.05) is 26.7 Å². The van der Waals surface area contributed by atoms with Crippen LogP contribution in [0.5, 0.6) is 0 Å². The standard InChI is InChI=1S/C15H27NO/c1-5-13-7-6-11(2)8-15(13)9-14(12(3)17)16(4)10-15/h11,13-14H,5-10H2,1-4H3. The molecule has 4 atom stereocenters. The molecule has 0 aromatic carbocycles. The highest BCUT2D eigenvalue weighted by Crippen LogP contribution is 2.52. The van der Waals surface area contributed by atoms with Crippen LogP contribution in [0.1, 0.15) is 52.9 Å². The van der Waals surface area contributed by atoms with Crippen molar-refractivity contribution in [3.8, 4) is 0 Å². The Kier molecular flexibility index (Phi) is 3.63. The molecule has 1 aliphatic carbocycles. The van der Waals surface area contributed by atoms with Gasteiger partial charge < -0.3 is 0 Å². The Morgan fingerprint density at radius 3 is 2.59 bits per heavy atom. The zero-order valence-electron chi connectivity index (χ0n) is 11.8. The molecule has 2 aliphatic rings. The molecule has 0 amide bonds. The third-order valence-electron chi connectivity index (χ3n) is 5.29. The first-order valence-corrected chi connectivity index (χ1v) is 7.19. The maximum Gasteiger partial charge on any atom is 0.146 e. The molecule has 2 heteroatoms. The number of hydrogen-bond donors (Lipinski definition) is 0. The zero-order chi connectivity index (χ0) is 12.6. The Labute approximate surface area is 106 Å². The van der Waals surface area contributed by atoms with Crippen LogP contribution in [0.25, 0.3) is 0 Å². The first-order valence-electron chi connectivity index (χ1n) is 7.19. The molecule has 2 rings (SSSR count). The number of hydrogen-bond acceptors (Lipinski definition) is 2. The second kappa shape index (κ2) is 4.72. The van der Waals surface area contributed by atoms with Crippen molar-refractivity contribution in [2.24, 2.45) is 17.3 Å². The van der Waals surface area contributed by atoms with Gasteiger partial charge in [-0.15, -0.1) is 0 Å². The SMILES string of the molecule is CCC1CCC(C)CC12CC(C(C)=O)N(C)C2. The summed E-state index contributed by atoms with van der Waals surface area (Å²) in [6.07, 6.45) is 6.48. The molecule has 98 valence electrons. The number of likely N-dealkylation sites (N-methyl/N-ethyl adjacent to an activating group) is 1. The van der Waals surface area contributed by atoms with E-state index in [1.807, 2.05) is 0 Å². The Bertz CT molecular complexity index is 301. The topological polar surface area (TPSA) is 20.3 Å². The summed E-state index contributed by atoms with van der Waals surface area (Å²) >= 11 is 0. The molecule has 0 aromatic rings. The Morgan fingerprint density at radius 2 is 2.06 bits per heavy atom. The van der Waals surface area contributed by atoms with Gasteiger partial charge in [0, 0.05) is 6.54 Å². The van der Waals surface area contributed by atoms with E-state index in [-0.39, 0.29) is 6.04 Å². The largest absolute Gasteiger partial charge is 0.298 e. The van der Waals surface area contributed by atoms with E-state index >= 15 is 0 Å². The molecule has 17 heavy (non-hydrogen) atoms. The number of likely N-dealkylation sites (tertiary alicyclic amines) is 1. The fraction of sp³-hybridized carbons (Fsp3) is 0.933. The van der Waals surface area contributed by atoms with Gasteiger partial charge in [-0.25, -0.2) is 0 Å². The Balaban J connectivity index is 2.19. The highest BCUT2D eigenvalue weighted by atomic mass is 16.1. The molecule has 4 unspecified atom stereocenters. The van der Waals surface area contributed by atoms with E-state index in [0.29, 0.717) is 11.2 Å². The van der Waals surface area contributed by atoms with Crippen molar-refractivity contribution >= 4 is 5.78 Å². The molecular formula is C15H27NO. The lowest BCUT2D eigenvalue weighted by molar-refractivity contribution is -0.120. The van der Waals surface area contributed by atoms with Crippen LogP contribution in [-0.4, -0.2) is 30.3 Å². The fourth-order valence-electron chi connectivity index (χ4n) is 4.50. The minimum Gasteiger partial charge on any atom is -0.298 e. The van der Waals surface area contributed by atoms with Crippen LogP contribution in [-0.2, 0) is 4.79 Å². The normalized spacial score (nSPS) is 43.2. The number of carbonyl (C=O) groups is 1. The predicted octanol–water partition coefficient (Wildman–Crippen LogP) is 3.11. The summed E-state index contributed by atoms with van der Waals surface area (Å²) in [7, 11) is 2.13. The molecule has 0 bridgehead atoms. The summed E-state index contributed by atoms with van der Waals surface area (Å²) in [6.45, 7) is 7.60. The van der Waals surface area contributed by atoms with Gasteiger partial charge in [-0.3, -0.25) is 9.69 Å². The summed E-state index contributed by atoms with van der Waals surface area (Å²) in [5, 5.41) is 0. The lowest BCUT2D eigenvalue weighted by Crippen LogP contribution is -2.38. The smallest absolute Gasteiger partial charge is 0.146 e. The molecule has 1 saturated heterocycles. The third-order valence-corrected chi connectivity index (χ3v) is 5.29. The van der Waals surface area contributed by atoms with Crippen molar-refractivity contribution in [1.82, 2.24) is 4.90 Å². The van der Waals surface area contributed by atoms with Gasteiger partial charge in [0.25, 0.3) is 0 Å². The maximum absolute atomic E-state index is 11.7. The predicted molar refractivity (Wildman–Crippen MR) is 70.9 cm³/mol. The average Bonchev–Trinajstić information content (AvgIpc) is 2.56. The van der Waals surface area contributed by atoms with Crippen LogP contribution in [0.3, 0.4) is 0 Å². The zero-order valence-corrected chi connectivity index (χ0v) is 11.8. The van der Waals surface area contributed by atoms with E-state index in [1.54, 1.807) is 6.92 Å². The van der Waals surface area contributed by atoms with E-state index < -0.39 is 0 Å². The molecule has 2 nitrogen and oxygen atoms in total. The number of ketones is 1. The van der Waals surface area contributed by atoms with Crippen molar-refractivity contribution in [1.29, 1.82) is 0 Å². The van der Waals surface area contributed by atoms with Crippen LogP contribution in [0.15, 0.2) is 0 Å². The number of nitrogens with zero attached hydrogens (tertiary/aromatic N) is 1. The second-order valence-corrected chi connectivity index (χ2v) is 6.60. The summed E-state index contributed by atoms with van der Waals surface area (Å²) in [4.78, 5) is 14.0. The summed E-state index contributed by atoms with van der Waals surface area (Å²) < 4.78 is 0. The van der Waals surface area contributed by atoms with E-state index in [4.69, 9.17) is 0 Å². The van der Waals surface area contributed by atoms with Crippen LogP contribution in [0.4, 0.5) is 0 Å². The van der Waals surface area contributed by atoms with E-state index in [0.717, 1.165) is 24.8 Å². The van der Waals surface area contributed by atoms with Crippen molar-refractivity contribution in [2.45, 2.75) is 58.9 Å². The van der Waals surface area contributed by atoms with E-state index in [2.05, 4.69) is 25.8 Å². The lowest BCUT2D eigenvalue weighted by atomic mass is 9.61. The number of Topliss-reactive ketones (excluding diaryl/α,β-unsaturated/α-hetero) is 1. The molecule has 0 N–H and O–H groups in total. The average molecular weight is 237 g/mol. The molecule has 0 aromatic heterocycles. The molecular weight excluding hydrogens is 210 g/mol. The van der Waals surface area contributed by atoms with Crippen molar-refractivity contribution in [3.05, 3.63) is 0 Å². The van der Waals surface area contributed by atoms with Gasteiger partial charge >= 0.3 is 0 Å². The molecule has 1 aliphatic heterocycles. The summed E-state index contributed by atoms with van der Waals surface area (Å²) in [6, 6.07) is 0.189. The fourth-order valence-corrected chi connectivity index (χ4v) is 4.50. The van der Waals surface area contributed by atoms with Crippen LogP contribution < -0.4 is 0 Å². The van der Waals surface area contributed by atoms with E-state index in [1.165, 1.54) is 25.7 Å². The first-order chi connectivity index (χ1) is 7.98.